The molecule has 22 heavy (non-hydrogen) atoms. The lowest BCUT2D eigenvalue weighted by Gasteiger charge is -2.19. The van der Waals surface area contributed by atoms with Gasteiger partial charge in [-0.15, -0.1) is 13.2 Å². The van der Waals surface area contributed by atoms with Crippen LogP contribution in [0.3, 0.4) is 0 Å². The third-order valence-corrected chi connectivity index (χ3v) is 3.77. The highest BCUT2D eigenvalue weighted by molar-refractivity contribution is 9.10. The molecule has 0 radical (unpaired) electrons. The van der Waals surface area contributed by atoms with E-state index in [1.807, 2.05) is 0 Å². The molecule has 2 rings (SSSR count). The van der Waals surface area contributed by atoms with E-state index in [1.165, 1.54) is 18.1 Å². The van der Waals surface area contributed by atoms with Crippen molar-refractivity contribution in [3.63, 3.8) is 0 Å². The Labute approximate surface area is 132 Å². The maximum Gasteiger partial charge on any atom is 0.573 e. The van der Waals surface area contributed by atoms with Gasteiger partial charge in [-0.3, -0.25) is 9.59 Å². The number of hydrogen-bond acceptors (Lipinski definition) is 4. The van der Waals surface area contributed by atoms with Gasteiger partial charge in [-0.1, -0.05) is 0 Å². The van der Waals surface area contributed by atoms with Crippen LogP contribution in [0.5, 0.6) is 5.75 Å². The SMILES string of the molecule is COC(=O)C1CC(=O)N(c2cc(OC(F)(F)F)ccc2Br)C1. The van der Waals surface area contributed by atoms with Crippen molar-refractivity contribution >= 4 is 33.5 Å². The first-order chi connectivity index (χ1) is 10.2. The van der Waals surface area contributed by atoms with Crippen molar-refractivity contribution in [1.82, 2.24) is 0 Å². The summed E-state index contributed by atoms with van der Waals surface area (Å²) in [5, 5.41) is 0. The van der Waals surface area contributed by atoms with Crippen LogP contribution in [-0.4, -0.2) is 31.9 Å². The van der Waals surface area contributed by atoms with Gasteiger partial charge in [0.15, 0.2) is 0 Å². The van der Waals surface area contributed by atoms with E-state index in [0.717, 1.165) is 12.1 Å². The molecule has 0 aromatic heterocycles. The van der Waals surface area contributed by atoms with Crippen molar-refractivity contribution in [3.8, 4) is 5.75 Å². The van der Waals surface area contributed by atoms with Crippen molar-refractivity contribution in [2.45, 2.75) is 12.8 Å². The van der Waals surface area contributed by atoms with Gasteiger partial charge < -0.3 is 14.4 Å². The van der Waals surface area contributed by atoms with Crippen molar-refractivity contribution in [3.05, 3.63) is 22.7 Å². The van der Waals surface area contributed by atoms with Gasteiger partial charge in [0.1, 0.15) is 5.75 Å². The minimum Gasteiger partial charge on any atom is -0.469 e. The highest BCUT2D eigenvalue weighted by atomic mass is 79.9. The summed E-state index contributed by atoms with van der Waals surface area (Å²) in [6, 6.07) is 3.56. The molecule has 1 aromatic rings. The van der Waals surface area contributed by atoms with Gasteiger partial charge in [0, 0.05) is 23.5 Å². The number of hydrogen-bond donors (Lipinski definition) is 0. The number of amides is 1. The first-order valence-corrected chi connectivity index (χ1v) is 6.94. The van der Waals surface area contributed by atoms with Crippen LogP contribution in [0.2, 0.25) is 0 Å². The highest BCUT2D eigenvalue weighted by Crippen LogP contribution is 2.36. The molecule has 5 nitrogen and oxygen atoms in total. The number of ether oxygens (including phenoxy) is 2. The van der Waals surface area contributed by atoms with E-state index in [0.29, 0.717) is 4.47 Å². The Bertz CT molecular complexity index is 605. The Balaban J connectivity index is 2.26. The molecular weight excluding hydrogens is 371 g/mol. The number of alkyl halides is 3. The summed E-state index contributed by atoms with van der Waals surface area (Å²) in [7, 11) is 1.21. The lowest BCUT2D eigenvalue weighted by atomic mass is 10.1. The van der Waals surface area contributed by atoms with E-state index in [9.17, 15) is 22.8 Å². The average molecular weight is 382 g/mol. The van der Waals surface area contributed by atoms with Crippen LogP contribution in [0.25, 0.3) is 0 Å². The molecule has 0 saturated carbocycles. The molecule has 1 atom stereocenters. The van der Waals surface area contributed by atoms with E-state index < -0.39 is 24.0 Å². The van der Waals surface area contributed by atoms with E-state index in [4.69, 9.17) is 0 Å². The number of benzene rings is 1. The van der Waals surface area contributed by atoms with E-state index in [-0.39, 0.29) is 24.6 Å². The summed E-state index contributed by atoms with van der Waals surface area (Å²) in [6.45, 7) is 0.0412. The van der Waals surface area contributed by atoms with Crippen molar-refractivity contribution in [2.75, 3.05) is 18.6 Å². The lowest BCUT2D eigenvalue weighted by Crippen LogP contribution is -2.26. The molecule has 1 amide bonds. The molecule has 1 unspecified atom stereocenters. The van der Waals surface area contributed by atoms with E-state index >= 15 is 0 Å². The van der Waals surface area contributed by atoms with Crippen LogP contribution in [-0.2, 0) is 14.3 Å². The summed E-state index contributed by atoms with van der Waals surface area (Å²) in [4.78, 5) is 24.7. The normalized spacial score (nSPS) is 18.5. The Morgan fingerprint density at radius 3 is 2.68 bits per heavy atom. The fourth-order valence-corrected chi connectivity index (χ4v) is 2.62. The molecule has 1 saturated heterocycles. The first-order valence-electron chi connectivity index (χ1n) is 6.14. The zero-order valence-electron chi connectivity index (χ0n) is 11.3. The second-order valence-corrected chi connectivity index (χ2v) is 5.44. The van der Waals surface area contributed by atoms with Crippen LogP contribution in [0, 0.1) is 5.92 Å². The molecular formula is C13H11BrF3NO4. The van der Waals surface area contributed by atoms with Crippen molar-refractivity contribution < 1.29 is 32.2 Å². The Morgan fingerprint density at radius 1 is 1.41 bits per heavy atom. The third-order valence-electron chi connectivity index (χ3n) is 3.10. The topological polar surface area (TPSA) is 55.8 Å². The van der Waals surface area contributed by atoms with Crippen LogP contribution in [0.4, 0.5) is 18.9 Å². The maximum atomic E-state index is 12.3. The number of nitrogens with zero attached hydrogens (tertiary/aromatic N) is 1. The number of carbonyl (C=O) groups is 2. The zero-order valence-corrected chi connectivity index (χ0v) is 12.9. The summed E-state index contributed by atoms with van der Waals surface area (Å²) in [5.41, 5.74) is 0.207. The minimum atomic E-state index is -4.82. The molecule has 1 aromatic carbocycles. The van der Waals surface area contributed by atoms with Gasteiger partial charge in [0.05, 0.1) is 18.7 Å². The summed E-state index contributed by atoms with van der Waals surface area (Å²) >= 11 is 3.17. The quantitative estimate of drug-likeness (QED) is 0.755. The number of anilines is 1. The van der Waals surface area contributed by atoms with Gasteiger partial charge in [0.25, 0.3) is 0 Å². The number of halogens is 4. The minimum absolute atomic E-state index is 0.0412. The van der Waals surface area contributed by atoms with Crippen LogP contribution in [0.15, 0.2) is 22.7 Å². The monoisotopic (exact) mass is 381 g/mol. The van der Waals surface area contributed by atoms with Gasteiger partial charge in [-0.25, -0.2) is 0 Å². The number of methoxy groups -OCH3 is 1. The Morgan fingerprint density at radius 2 is 2.09 bits per heavy atom. The molecule has 1 heterocycles. The van der Waals surface area contributed by atoms with Crippen LogP contribution >= 0.6 is 15.9 Å². The third kappa shape index (κ3) is 3.70. The number of esters is 1. The van der Waals surface area contributed by atoms with E-state index in [2.05, 4.69) is 25.4 Å². The number of carbonyl (C=O) groups excluding carboxylic acids is 2. The lowest BCUT2D eigenvalue weighted by molar-refractivity contribution is -0.274. The molecule has 1 aliphatic rings. The zero-order chi connectivity index (χ0) is 16.5. The van der Waals surface area contributed by atoms with Gasteiger partial charge >= 0.3 is 12.3 Å². The van der Waals surface area contributed by atoms with Gasteiger partial charge in [0.2, 0.25) is 5.91 Å². The van der Waals surface area contributed by atoms with E-state index in [1.54, 1.807) is 0 Å². The van der Waals surface area contributed by atoms with Crippen molar-refractivity contribution in [2.24, 2.45) is 5.92 Å². The van der Waals surface area contributed by atoms with Crippen LogP contribution in [0.1, 0.15) is 6.42 Å². The summed E-state index contributed by atoms with van der Waals surface area (Å²) < 4.78 is 45.6. The fourth-order valence-electron chi connectivity index (χ4n) is 2.16. The first kappa shape index (κ1) is 16.6. The predicted molar refractivity (Wildman–Crippen MR) is 73.3 cm³/mol. The largest absolute Gasteiger partial charge is 0.573 e. The van der Waals surface area contributed by atoms with Crippen LogP contribution < -0.4 is 9.64 Å². The summed E-state index contributed by atoms with van der Waals surface area (Å²) in [5.74, 6) is -1.99. The molecule has 120 valence electrons. The molecule has 1 fully saturated rings. The number of rotatable bonds is 3. The van der Waals surface area contributed by atoms with Gasteiger partial charge in [-0.05, 0) is 28.1 Å². The second-order valence-electron chi connectivity index (χ2n) is 4.59. The predicted octanol–water partition coefficient (Wildman–Crippen LogP) is 2.87. The Kier molecular flexibility index (Phi) is 4.64. The molecule has 0 spiro atoms. The molecule has 0 N–H and O–H groups in total. The Hall–Kier alpha value is -1.77. The summed E-state index contributed by atoms with van der Waals surface area (Å²) in [6.07, 6.45) is -4.88. The molecule has 1 aliphatic heterocycles. The average Bonchev–Trinajstić information content (AvgIpc) is 2.80. The molecule has 0 bridgehead atoms. The highest BCUT2D eigenvalue weighted by Gasteiger charge is 2.37. The smallest absolute Gasteiger partial charge is 0.469 e. The van der Waals surface area contributed by atoms with Gasteiger partial charge in [-0.2, -0.15) is 0 Å². The second kappa shape index (κ2) is 6.15. The standard InChI is InChI=1S/C13H11BrF3NO4/c1-21-12(20)7-4-11(19)18(6-7)10-5-8(2-3-9(10)14)22-13(15,16)17/h2-3,5,7H,4,6H2,1H3. The maximum absolute atomic E-state index is 12.3. The van der Waals surface area contributed by atoms with Crippen molar-refractivity contribution in [1.29, 1.82) is 0 Å². The molecule has 0 aliphatic carbocycles. The fraction of sp³-hybridized carbons (Fsp3) is 0.385. The molecule has 9 heteroatoms.